The Kier molecular flexibility index (Phi) is 4.87. The van der Waals surface area contributed by atoms with Gasteiger partial charge in [-0.05, 0) is 12.1 Å². The topological polar surface area (TPSA) is 56.1 Å². The minimum absolute atomic E-state index is 0.0147. The van der Waals surface area contributed by atoms with E-state index in [1.807, 2.05) is 36.4 Å². The average Bonchev–Trinajstić information content (AvgIpc) is 2.34. The van der Waals surface area contributed by atoms with Gasteiger partial charge in [-0.3, -0.25) is 4.79 Å². The molecular formula is C12H15N3O. The van der Waals surface area contributed by atoms with Gasteiger partial charge in [-0.2, -0.15) is 5.26 Å². The number of anilines is 1. The van der Waals surface area contributed by atoms with E-state index in [0.717, 1.165) is 5.69 Å². The maximum absolute atomic E-state index is 11.6. The van der Waals surface area contributed by atoms with E-state index in [9.17, 15) is 4.79 Å². The highest BCUT2D eigenvalue weighted by atomic mass is 16.2. The van der Waals surface area contributed by atoms with Crippen molar-refractivity contribution in [1.29, 1.82) is 5.26 Å². The predicted octanol–water partition coefficient (Wildman–Crippen LogP) is 1.47. The molecule has 0 aliphatic carbocycles. The fourth-order valence-electron chi connectivity index (χ4n) is 1.21. The minimum Gasteiger partial charge on any atom is -0.376 e. The van der Waals surface area contributed by atoms with Gasteiger partial charge < -0.3 is 10.2 Å². The van der Waals surface area contributed by atoms with Crippen LogP contribution in [-0.2, 0) is 4.79 Å². The van der Waals surface area contributed by atoms with E-state index in [1.165, 1.54) is 0 Å². The third kappa shape index (κ3) is 4.01. The van der Waals surface area contributed by atoms with E-state index < -0.39 is 0 Å². The molecule has 0 heterocycles. The number of hydrogen-bond donors (Lipinski definition) is 1. The van der Waals surface area contributed by atoms with Gasteiger partial charge in [-0.25, -0.2) is 0 Å². The van der Waals surface area contributed by atoms with Crippen LogP contribution in [0.4, 0.5) is 5.69 Å². The van der Waals surface area contributed by atoms with Crippen LogP contribution in [0.2, 0.25) is 0 Å². The lowest BCUT2D eigenvalue weighted by Gasteiger charge is -2.16. The number of rotatable bonds is 5. The molecule has 0 fully saturated rings. The summed E-state index contributed by atoms with van der Waals surface area (Å²) in [6, 6.07) is 11.6. The highest BCUT2D eigenvalue weighted by Crippen LogP contribution is 2.04. The average molecular weight is 217 g/mol. The second kappa shape index (κ2) is 6.46. The molecule has 0 unspecified atom stereocenters. The molecule has 0 radical (unpaired) electrons. The molecule has 1 rings (SSSR count). The van der Waals surface area contributed by atoms with E-state index >= 15 is 0 Å². The molecule has 0 aliphatic rings. The first kappa shape index (κ1) is 12.1. The fraction of sp³-hybridized carbons (Fsp3) is 0.333. The van der Waals surface area contributed by atoms with Crippen molar-refractivity contribution in [2.24, 2.45) is 0 Å². The Morgan fingerprint density at radius 1 is 1.44 bits per heavy atom. The molecule has 1 N–H and O–H groups in total. The molecule has 0 spiro atoms. The van der Waals surface area contributed by atoms with Crippen LogP contribution in [0.25, 0.3) is 0 Å². The normalized spacial score (nSPS) is 9.25. The lowest BCUT2D eigenvalue weighted by molar-refractivity contribution is -0.127. The maximum atomic E-state index is 11.6. The van der Waals surface area contributed by atoms with E-state index in [1.54, 1.807) is 11.9 Å². The van der Waals surface area contributed by atoms with Crippen molar-refractivity contribution in [3.8, 4) is 6.07 Å². The highest BCUT2D eigenvalue weighted by molar-refractivity contribution is 5.80. The fourth-order valence-corrected chi connectivity index (χ4v) is 1.21. The second-order valence-electron chi connectivity index (χ2n) is 3.44. The van der Waals surface area contributed by atoms with Crippen molar-refractivity contribution in [1.82, 2.24) is 4.90 Å². The number of para-hydroxylation sites is 1. The van der Waals surface area contributed by atoms with Gasteiger partial charge in [0.2, 0.25) is 5.91 Å². The van der Waals surface area contributed by atoms with Crippen LogP contribution in [-0.4, -0.2) is 30.9 Å². The summed E-state index contributed by atoms with van der Waals surface area (Å²) < 4.78 is 0. The van der Waals surface area contributed by atoms with Crippen LogP contribution in [0, 0.1) is 11.3 Å². The molecule has 0 aromatic heterocycles. The van der Waals surface area contributed by atoms with E-state index in [0.29, 0.717) is 13.0 Å². The molecule has 4 heteroatoms. The van der Waals surface area contributed by atoms with E-state index in [2.05, 4.69) is 5.32 Å². The number of hydrogen-bond acceptors (Lipinski definition) is 3. The Hall–Kier alpha value is -2.02. The van der Waals surface area contributed by atoms with Crippen molar-refractivity contribution in [3.63, 3.8) is 0 Å². The monoisotopic (exact) mass is 217 g/mol. The Labute approximate surface area is 95.5 Å². The second-order valence-corrected chi connectivity index (χ2v) is 3.44. The number of carbonyl (C=O) groups excluding carboxylic acids is 1. The van der Waals surface area contributed by atoms with Gasteiger partial charge in [-0.1, -0.05) is 18.2 Å². The summed E-state index contributed by atoms with van der Waals surface area (Å²) in [5.74, 6) is -0.0147. The van der Waals surface area contributed by atoms with Crippen molar-refractivity contribution in [2.75, 3.05) is 25.5 Å². The van der Waals surface area contributed by atoms with Crippen LogP contribution in [0.1, 0.15) is 6.42 Å². The SMILES string of the molecule is CN(CCC#N)C(=O)CNc1ccccc1. The first-order valence-electron chi connectivity index (χ1n) is 5.14. The summed E-state index contributed by atoms with van der Waals surface area (Å²) >= 11 is 0. The van der Waals surface area contributed by atoms with Gasteiger partial charge in [0.15, 0.2) is 0 Å². The molecule has 0 bridgehead atoms. The number of nitrogens with one attached hydrogen (secondary N) is 1. The van der Waals surface area contributed by atoms with Crippen LogP contribution in [0.15, 0.2) is 30.3 Å². The molecular weight excluding hydrogens is 202 g/mol. The molecule has 16 heavy (non-hydrogen) atoms. The molecule has 1 aromatic carbocycles. The molecule has 0 saturated heterocycles. The molecule has 84 valence electrons. The third-order valence-corrected chi connectivity index (χ3v) is 2.20. The summed E-state index contributed by atoms with van der Waals surface area (Å²) in [6.45, 7) is 0.734. The van der Waals surface area contributed by atoms with Gasteiger partial charge in [0.05, 0.1) is 19.0 Å². The first-order chi connectivity index (χ1) is 7.74. The molecule has 0 saturated carbocycles. The van der Waals surface area contributed by atoms with Crippen molar-refractivity contribution in [3.05, 3.63) is 30.3 Å². The van der Waals surface area contributed by atoms with Crippen LogP contribution >= 0.6 is 0 Å². The largest absolute Gasteiger partial charge is 0.376 e. The zero-order valence-electron chi connectivity index (χ0n) is 9.31. The first-order valence-corrected chi connectivity index (χ1v) is 5.14. The Balaban J connectivity index is 2.33. The summed E-state index contributed by atoms with van der Waals surface area (Å²) in [4.78, 5) is 13.1. The Morgan fingerprint density at radius 2 is 2.12 bits per heavy atom. The predicted molar refractivity (Wildman–Crippen MR) is 62.8 cm³/mol. The number of likely N-dealkylation sites (N-methyl/N-ethyl adjacent to an activating group) is 1. The van der Waals surface area contributed by atoms with Crippen LogP contribution in [0.5, 0.6) is 0 Å². The zero-order valence-corrected chi connectivity index (χ0v) is 9.31. The highest BCUT2D eigenvalue weighted by Gasteiger charge is 2.07. The van der Waals surface area contributed by atoms with Gasteiger partial charge in [0.25, 0.3) is 0 Å². The summed E-state index contributed by atoms with van der Waals surface area (Å²) in [7, 11) is 1.70. The van der Waals surface area contributed by atoms with Gasteiger partial charge in [-0.15, -0.1) is 0 Å². The van der Waals surface area contributed by atoms with Crippen LogP contribution in [0.3, 0.4) is 0 Å². The lowest BCUT2D eigenvalue weighted by atomic mass is 10.3. The number of benzene rings is 1. The Morgan fingerprint density at radius 3 is 2.75 bits per heavy atom. The van der Waals surface area contributed by atoms with Crippen LogP contribution < -0.4 is 5.32 Å². The molecule has 0 aliphatic heterocycles. The number of carbonyl (C=O) groups is 1. The van der Waals surface area contributed by atoms with Gasteiger partial charge in [0, 0.05) is 19.3 Å². The van der Waals surface area contributed by atoms with E-state index in [4.69, 9.17) is 5.26 Å². The van der Waals surface area contributed by atoms with Crippen molar-refractivity contribution < 1.29 is 4.79 Å². The maximum Gasteiger partial charge on any atom is 0.241 e. The third-order valence-electron chi connectivity index (χ3n) is 2.20. The molecule has 4 nitrogen and oxygen atoms in total. The van der Waals surface area contributed by atoms with Crippen molar-refractivity contribution >= 4 is 11.6 Å². The summed E-state index contributed by atoms with van der Waals surface area (Å²) in [5, 5.41) is 11.4. The standard InChI is InChI=1S/C12H15N3O/c1-15(9-5-8-13)12(16)10-14-11-6-3-2-4-7-11/h2-4,6-7,14H,5,9-10H2,1H3. The summed E-state index contributed by atoms with van der Waals surface area (Å²) in [6.07, 6.45) is 0.369. The quantitative estimate of drug-likeness (QED) is 0.812. The number of nitriles is 1. The molecule has 0 atom stereocenters. The van der Waals surface area contributed by atoms with Gasteiger partial charge >= 0.3 is 0 Å². The molecule has 1 amide bonds. The summed E-state index contributed by atoms with van der Waals surface area (Å²) in [5.41, 5.74) is 0.921. The van der Waals surface area contributed by atoms with Gasteiger partial charge in [0.1, 0.15) is 0 Å². The number of amides is 1. The number of nitrogens with zero attached hydrogens (tertiary/aromatic N) is 2. The van der Waals surface area contributed by atoms with Crippen molar-refractivity contribution in [2.45, 2.75) is 6.42 Å². The Bertz CT molecular complexity index is 370. The lowest BCUT2D eigenvalue weighted by Crippen LogP contribution is -2.32. The molecule has 1 aromatic rings. The zero-order chi connectivity index (χ0) is 11.8. The smallest absolute Gasteiger partial charge is 0.241 e. The van der Waals surface area contributed by atoms with E-state index in [-0.39, 0.29) is 12.5 Å². The minimum atomic E-state index is -0.0147.